The van der Waals surface area contributed by atoms with Gasteiger partial charge in [0.2, 0.25) is 0 Å². The number of nitrogens with one attached hydrogen (secondary N) is 4. The summed E-state index contributed by atoms with van der Waals surface area (Å²) in [6, 6.07) is 19.1. The molecule has 0 aliphatic heterocycles. The maximum atomic E-state index is 8.29. The summed E-state index contributed by atoms with van der Waals surface area (Å²) < 4.78 is 0. The molecule has 2 rings (SSSR count). The number of hydrogen-bond donors (Lipinski definition) is 4. The Hall–Kier alpha value is -3.02. The minimum absolute atomic E-state index is 0.241. The highest BCUT2D eigenvalue weighted by atomic mass is 15.2. The Morgan fingerprint density at radius 3 is 1.27 bits per heavy atom. The molecule has 0 aliphatic carbocycles. The van der Waals surface area contributed by atoms with Gasteiger partial charge in [-0.25, -0.2) is 0 Å². The zero-order valence-electron chi connectivity index (χ0n) is 15.7. The molecule has 0 aromatic heterocycles. The van der Waals surface area contributed by atoms with Crippen LogP contribution in [0.1, 0.15) is 27.7 Å². The van der Waals surface area contributed by atoms with Gasteiger partial charge < -0.3 is 10.6 Å². The molecule has 0 fully saturated rings. The first-order chi connectivity index (χ1) is 12.2. The van der Waals surface area contributed by atoms with Crippen LogP contribution < -0.4 is 10.6 Å². The van der Waals surface area contributed by atoms with Crippen LogP contribution in [0.5, 0.6) is 0 Å². The van der Waals surface area contributed by atoms with E-state index in [9.17, 15) is 0 Å². The Bertz CT molecular complexity index is 711. The van der Waals surface area contributed by atoms with Gasteiger partial charge in [-0.1, -0.05) is 36.4 Å². The maximum absolute atomic E-state index is 8.29. The number of anilines is 2. The Balaban J connectivity index is 2.04. The standard InChI is InChI=1S/C20H26N6/c1-19(2,17(21)23-15-11-7-5-8-12-15)25-26-20(3,4)18(22)24-16-13-9-6-10-14-16/h5-14H,1-4H3,(H2,21,23)(H2,22,24)/b26-25+. The van der Waals surface area contributed by atoms with Crippen molar-refractivity contribution >= 4 is 23.0 Å². The highest BCUT2D eigenvalue weighted by Gasteiger charge is 2.28. The van der Waals surface area contributed by atoms with Gasteiger partial charge in [-0.15, -0.1) is 0 Å². The second-order valence-corrected chi connectivity index (χ2v) is 7.05. The topological polar surface area (TPSA) is 96.5 Å². The van der Waals surface area contributed by atoms with E-state index in [0.717, 1.165) is 11.4 Å². The molecule has 6 heteroatoms. The van der Waals surface area contributed by atoms with E-state index < -0.39 is 11.1 Å². The van der Waals surface area contributed by atoms with E-state index in [1.54, 1.807) is 0 Å². The first-order valence-corrected chi connectivity index (χ1v) is 8.47. The van der Waals surface area contributed by atoms with Gasteiger partial charge in [-0.05, 0) is 52.0 Å². The van der Waals surface area contributed by atoms with Crippen LogP contribution in [0.15, 0.2) is 70.9 Å². The second kappa shape index (κ2) is 7.91. The van der Waals surface area contributed by atoms with E-state index in [1.807, 2.05) is 88.4 Å². The summed E-state index contributed by atoms with van der Waals surface area (Å²) in [6.07, 6.45) is 0. The van der Waals surface area contributed by atoms with Crippen molar-refractivity contribution in [2.45, 2.75) is 38.8 Å². The number of rotatable bonds is 6. The fraction of sp³-hybridized carbons (Fsp3) is 0.300. The molecule has 2 aromatic carbocycles. The highest BCUT2D eigenvalue weighted by molar-refractivity contribution is 6.00. The Labute approximate surface area is 154 Å². The largest absolute Gasteiger partial charge is 0.342 e. The lowest BCUT2D eigenvalue weighted by atomic mass is 10.0. The first kappa shape index (κ1) is 19.3. The van der Waals surface area contributed by atoms with Crippen LogP contribution in [0.25, 0.3) is 0 Å². The number of amidine groups is 2. The number of para-hydroxylation sites is 2. The minimum atomic E-state index is -0.833. The maximum Gasteiger partial charge on any atom is 0.133 e. The zero-order chi connectivity index (χ0) is 19.2. The molecule has 0 heterocycles. The summed E-state index contributed by atoms with van der Waals surface area (Å²) in [6.45, 7) is 7.27. The molecule has 4 N–H and O–H groups in total. The van der Waals surface area contributed by atoms with Crippen molar-refractivity contribution in [2.24, 2.45) is 10.2 Å². The van der Waals surface area contributed by atoms with Crippen molar-refractivity contribution in [1.29, 1.82) is 10.8 Å². The van der Waals surface area contributed by atoms with Crippen LogP contribution in [0.4, 0.5) is 11.4 Å². The molecule has 0 aliphatic rings. The van der Waals surface area contributed by atoms with E-state index in [0.29, 0.717) is 0 Å². The highest BCUT2D eigenvalue weighted by Crippen LogP contribution is 2.20. The number of hydrogen-bond acceptors (Lipinski definition) is 4. The molecular formula is C20H26N6. The van der Waals surface area contributed by atoms with E-state index >= 15 is 0 Å². The van der Waals surface area contributed by atoms with Crippen LogP contribution in [-0.4, -0.2) is 22.7 Å². The van der Waals surface area contributed by atoms with E-state index in [-0.39, 0.29) is 11.7 Å². The SMILES string of the molecule is CC(C)(/N=N/C(C)(C)C(=N)Nc1ccccc1)C(=N)Nc1ccccc1. The lowest BCUT2D eigenvalue weighted by Gasteiger charge is -2.25. The average molecular weight is 350 g/mol. The van der Waals surface area contributed by atoms with Crippen LogP contribution in [0.2, 0.25) is 0 Å². The third kappa shape index (κ3) is 5.24. The van der Waals surface area contributed by atoms with Crippen molar-refractivity contribution in [3.63, 3.8) is 0 Å². The molecule has 0 unspecified atom stereocenters. The van der Waals surface area contributed by atoms with Crippen LogP contribution in [0, 0.1) is 10.8 Å². The lowest BCUT2D eigenvalue weighted by molar-refractivity contribution is 0.561. The molecule has 0 spiro atoms. The molecule has 136 valence electrons. The van der Waals surface area contributed by atoms with Crippen LogP contribution in [0.3, 0.4) is 0 Å². The summed E-state index contributed by atoms with van der Waals surface area (Å²) in [5.74, 6) is 0.483. The minimum Gasteiger partial charge on any atom is -0.342 e. The molecule has 0 bridgehead atoms. The van der Waals surface area contributed by atoms with Crippen molar-refractivity contribution < 1.29 is 0 Å². The van der Waals surface area contributed by atoms with Gasteiger partial charge in [0.15, 0.2) is 0 Å². The molecule has 0 saturated carbocycles. The second-order valence-electron chi connectivity index (χ2n) is 7.05. The van der Waals surface area contributed by atoms with Gasteiger partial charge in [0.25, 0.3) is 0 Å². The predicted molar refractivity (Wildman–Crippen MR) is 109 cm³/mol. The molecule has 0 radical (unpaired) electrons. The normalized spacial score (nSPS) is 12.0. The third-order valence-corrected chi connectivity index (χ3v) is 3.86. The van der Waals surface area contributed by atoms with Crippen molar-refractivity contribution in [1.82, 2.24) is 0 Å². The fourth-order valence-corrected chi connectivity index (χ4v) is 1.99. The smallest absolute Gasteiger partial charge is 0.133 e. The Morgan fingerprint density at radius 2 is 0.962 bits per heavy atom. The number of benzene rings is 2. The fourth-order valence-electron chi connectivity index (χ4n) is 1.99. The van der Waals surface area contributed by atoms with E-state index in [1.165, 1.54) is 0 Å². The molecule has 0 saturated heterocycles. The predicted octanol–water partition coefficient (Wildman–Crippen LogP) is 5.17. The van der Waals surface area contributed by atoms with Crippen molar-refractivity contribution in [3.05, 3.63) is 60.7 Å². The monoisotopic (exact) mass is 350 g/mol. The molecule has 6 nitrogen and oxygen atoms in total. The lowest BCUT2D eigenvalue weighted by Crippen LogP contribution is -2.38. The van der Waals surface area contributed by atoms with Gasteiger partial charge >= 0.3 is 0 Å². The summed E-state index contributed by atoms with van der Waals surface area (Å²) in [4.78, 5) is 0. The molecular weight excluding hydrogens is 324 g/mol. The number of nitrogens with zero attached hydrogens (tertiary/aromatic N) is 2. The van der Waals surface area contributed by atoms with Gasteiger partial charge in [0.1, 0.15) is 22.7 Å². The molecule has 0 atom stereocenters. The zero-order valence-corrected chi connectivity index (χ0v) is 15.7. The molecule has 0 amide bonds. The number of azo groups is 1. The average Bonchev–Trinajstić information content (AvgIpc) is 2.62. The molecule has 2 aromatic rings. The summed E-state index contributed by atoms with van der Waals surface area (Å²) >= 11 is 0. The Kier molecular flexibility index (Phi) is 5.87. The van der Waals surface area contributed by atoms with E-state index in [4.69, 9.17) is 10.8 Å². The summed E-state index contributed by atoms with van der Waals surface area (Å²) in [7, 11) is 0. The quantitative estimate of drug-likeness (QED) is 0.328. The van der Waals surface area contributed by atoms with Gasteiger partial charge in [0, 0.05) is 11.4 Å². The van der Waals surface area contributed by atoms with Crippen molar-refractivity contribution in [2.75, 3.05) is 10.6 Å². The summed E-state index contributed by atoms with van der Waals surface area (Å²) in [5, 5.41) is 31.4. The van der Waals surface area contributed by atoms with Crippen LogP contribution in [-0.2, 0) is 0 Å². The van der Waals surface area contributed by atoms with Gasteiger partial charge in [0.05, 0.1) is 0 Å². The Morgan fingerprint density at radius 1 is 0.654 bits per heavy atom. The van der Waals surface area contributed by atoms with Gasteiger partial charge in [-0.2, -0.15) is 10.2 Å². The van der Waals surface area contributed by atoms with E-state index in [2.05, 4.69) is 20.9 Å². The molecule has 26 heavy (non-hydrogen) atoms. The van der Waals surface area contributed by atoms with Crippen molar-refractivity contribution in [3.8, 4) is 0 Å². The van der Waals surface area contributed by atoms with Crippen LogP contribution >= 0.6 is 0 Å². The first-order valence-electron chi connectivity index (χ1n) is 8.47. The third-order valence-electron chi connectivity index (χ3n) is 3.86. The summed E-state index contributed by atoms with van der Waals surface area (Å²) in [5.41, 5.74) is -0.00246. The van der Waals surface area contributed by atoms with Gasteiger partial charge in [-0.3, -0.25) is 10.8 Å².